The van der Waals surface area contributed by atoms with Gasteiger partial charge in [0.2, 0.25) is 5.91 Å². The Morgan fingerprint density at radius 2 is 1.48 bits per heavy atom. The van der Waals surface area contributed by atoms with Crippen LogP contribution in [0.4, 0.5) is 0 Å². The molecule has 0 saturated heterocycles. The molecule has 1 aromatic rings. The van der Waals surface area contributed by atoms with Gasteiger partial charge in [0.1, 0.15) is 0 Å². The Kier molecular flexibility index (Phi) is 4.62. The van der Waals surface area contributed by atoms with Gasteiger partial charge in [-0.05, 0) is 93.6 Å². The smallest absolute Gasteiger partial charge is 0.257 e. The van der Waals surface area contributed by atoms with E-state index in [9.17, 15) is 13.2 Å². The highest BCUT2D eigenvalue weighted by atomic mass is 32.2. The van der Waals surface area contributed by atoms with Crippen LogP contribution in [0, 0.1) is 43.9 Å². The van der Waals surface area contributed by atoms with Crippen LogP contribution in [-0.2, 0) is 14.8 Å². The molecule has 1 amide bonds. The number of nitrogens with one attached hydrogen (secondary N) is 2. The standard InChI is InChI=1S/C21H30N2O3S/c1-13-4-14(2)20(15(3)5-13)27(25,26)23-22-19(24)12-21-9-16-6-17(10-21)8-18(7-16)11-21/h4-5,16-18,23H,6-12H2,1-3H3,(H,22,24). The third-order valence-corrected chi connectivity index (χ3v) is 8.45. The van der Waals surface area contributed by atoms with Crippen molar-refractivity contribution in [2.75, 3.05) is 0 Å². The zero-order valence-electron chi connectivity index (χ0n) is 16.5. The van der Waals surface area contributed by atoms with E-state index in [0.717, 1.165) is 42.6 Å². The lowest BCUT2D eigenvalue weighted by Gasteiger charge is -2.56. The number of hydrazine groups is 1. The molecule has 0 heterocycles. The highest BCUT2D eigenvalue weighted by Crippen LogP contribution is 2.61. The molecular formula is C21H30N2O3S. The fraction of sp³-hybridized carbons (Fsp3) is 0.667. The molecule has 4 fully saturated rings. The first-order valence-electron chi connectivity index (χ1n) is 10.0. The van der Waals surface area contributed by atoms with Crippen LogP contribution in [0.1, 0.15) is 61.6 Å². The van der Waals surface area contributed by atoms with Gasteiger partial charge in [-0.25, -0.2) is 8.42 Å². The molecule has 6 heteroatoms. The second kappa shape index (κ2) is 6.59. The number of sulfonamides is 1. The lowest BCUT2D eigenvalue weighted by Crippen LogP contribution is -2.50. The fourth-order valence-electron chi connectivity index (χ4n) is 6.66. The maximum Gasteiger partial charge on any atom is 0.257 e. The van der Waals surface area contributed by atoms with E-state index < -0.39 is 10.0 Å². The molecule has 148 valence electrons. The van der Waals surface area contributed by atoms with Gasteiger partial charge >= 0.3 is 0 Å². The number of hydrogen-bond donors (Lipinski definition) is 2. The van der Waals surface area contributed by atoms with Crippen LogP contribution in [0.3, 0.4) is 0 Å². The molecule has 4 bridgehead atoms. The van der Waals surface area contributed by atoms with Gasteiger partial charge in [0, 0.05) is 6.42 Å². The molecular weight excluding hydrogens is 360 g/mol. The summed E-state index contributed by atoms with van der Waals surface area (Å²) in [6.45, 7) is 5.51. The highest BCUT2D eigenvalue weighted by Gasteiger charge is 2.51. The van der Waals surface area contributed by atoms with Crippen LogP contribution in [0.15, 0.2) is 17.0 Å². The first kappa shape index (κ1) is 18.9. The van der Waals surface area contributed by atoms with Gasteiger partial charge in [0.15, 0.2) is 0 Å². The molecule has 4 saturated carbocycles. The van der Waals surface area contributed by atoms with Gasteiger partial charge < -0.3 is 0 Å². The lowest BCUT2D eigenvalue weighted by molar-refractivity contribution is -0.129. The highest BCUT2D eigenvalue weighted by molar-refractivity contribution is 7.89. The number of carbonyl (C=O) groups excluding carboxylic acids is 1. The quantitative estimate of drug-likeness (QED) is 0.755. The first-order valence-corrected chi connectivity index (χ1v) is 11.5. The number of amides is 1. The maximum atomic E-state index is 12.7. The fourth-order valence-corrected chi connectivity index (χ4v) is 7.97. The molecule has 0 spiro atoms. The van der Waals surface area contributed by atoms with Crippen molar-refractivity contribution >= 4 is 15.9 Å². The normalized spacial score (nSPS) is 31.9. The van der Waals surface area contributed by atoms with Crippen LogP contribution in [0.5, 0.6) is 0 Å². The molecule has 1 aromatic carbocycles. The second-order valence-corrected chi connectivity index (χ2v) is 11.1. The largest absolute Gasteiger partial charge is 0.278 e. The van der Waals surface area contributed by atoms with Crippen molar-refractivity contribution in [1.29, 1.82) is 0 Å². The van der Waals surface area contributed by atoms with E-state index in [2.05, 4.69) is 10.3 Å². The summed E-state index contributed by atoms with van der Waals surface area (Å²) in [6, 6.07) is 3.69. The van der Waals surface area contributed by atoms with E-state index in [-0.39, 0.29) is 16.2 Å². The molecule has 0 aliphatic heterocycles. The van der Waals surface area contributed by atoms with Crippen molar-refractivity contribution in [2.24, 2.45) is 23.2 Å². The third-order valence-electron chi connectivity index (χ3n) is 6.90. The number of benzene rings is 1. The van der Waals surface area contributed by atoms with E-state index in [1.54, 1.807) is 13.8 Å². The van der Waals surface area contributed by atoms with Crippen LogP contribution in [-0.4, -0.2) is 14.3 Å². The summed E-state index contributed by atoms with van der Waals surface area (Å²) in [4.78, 5) is 15.2. The zero-order chi connectivity index (χ0) is 19.4. The molecule has 0 unspecified atom stereocenters. The van der Waals surface area contributed by atoms with Crippen LogP contribution < -0.4 is 10.3 Å². The summed E-state index contributed by atoms with van der Waals surface area (Å²) in [7, 11) is -3.78. The summed E-state index contributed by atoms with van der Waals surface area (Å²) in [5, 5.41) is 0. The van der Waals surface area contributed by atoms with E-state index in [1.165, 1.54) is 19.3 Å². The van der Waals surface area contributed by atoms with Crippen molar-refractivity contribution in [2.45, 2.75) is 70.6 Å². The summed E-state index contributed by atoms with van der Waals surface area (Å²) in [5.41, 5.74) is 4.99. The Bertz CT molecular complexity index is 817. The van der Waals surface area contributed by atoms with Crippen LogP contribution in [0.2, 0.25) is 0 Å². The third kappa shape index (κ3) is 3.66. The Labute approximate surface area is 162 Å². The molecule has 2 N–H and O–H groups in total. The predicted octanol–water partition coefficient (Wildman–Crippen LogP) is 3.53. The Morgan fingerprint density at radius 1 is 1.00 bits per heavy atom. The zero-order valence-corrected chi connectivity index (χ0v) is 17.3. The van der Waals surface area contributed by atoms with Gasteiger partial charge in [0.25, 0.3) is 10.0 Å². The van der Waals surface area contributed by atoms with E-state index in [0.29, 0.717) is 17.5 Å². The Hall–Kier alpha value is -1.40. The average Bonchev–Trinajstić information content (AvgIpc) is 2.50. The molecule has 5 nitrogen and oxygen atoms in total. The van der Waals surface area contributed by atoms with Gasteiger partial charge in [0.05, 0.1) is 4.90 Å². The number of aryl methyl sites for hydroxylation is 3. The number of rotatable bonds is 5. The van der Waals surface area contributed by atoms with Gasteiger partial charge in [-0.3, -0.25) is 10.2 Å². The first-order chi connectivity index (χ1) is 12.7. The summed E-state index contributed by atoms with van der Waals surface area (Å²) in [5.74, 6) is 2.12. The van der Waals surface area contributed by atoms with Crippen molar-refractivity contribution in [1.82, 2.24) is 10.3 Å². The van der Waals surface area contributed by atoms with Gasteiger partial charge in [-0.15, -0.1) is 4.83 Å². The van der Waals surface area contributed by atoms with E-state index in [4.69, 9.17) is 0 Å². The summed E-state index contributed by atoms with van der Waals surface area (Å²) < 4.78 is 25.5. The maximum absolute atomic E-state index is 12.7. The van der Waals surface area contributed by atoms with E-state index >= 15 is 0 Å². The van der Waals surface area contributed by atoms with Gasteiger partial charge in [-0.2, -0.15) is 0 Å². The van der Waals surface area contributed by atoms with E-state index in [1.807, 2.05) is 19.1 Å². The van der Waals surface area contributed by atoms with Crippen LogP contribution in [0.25, 0.3) is 0 Å². The summed E-state index contributed by atoms with van der Waals surface area (Å²) in [6.07, 6.45) is 7.84. The minimum atomic E-state index is -3.78. The SMILES string of the molecule is Cc1cc(C)c(S(=O)(=O)NNC(=O)CC23CC4CC(CC(C4)C2)C3)c(C)c1. The second-order valence-electron chi connectivity index (χ2n) is 9.48. The molecule has 0 radical (unpaired) electrons. The molecule has 5 rings (SSSR count). The predicted molar refractivity (Wildman–Crippen MR) is 104 cm³/mol. The lowest BCUT2D eigenvalue weighted by atomic mass is 9.49. The summed E-state index contributed by atoms with van der Waals surface area (Å²) >= 11 is 0. The van der Waals surface area contributed by atoms with Crippen molar-refractivity contribution in [3.63, 3.8) is 0 Å². The number of hydrogen-bond acceptors (Lipinski definition) is 3. The number of carbonyl (C=O) groups is 1. The van der Waals surface area contributed by atoms with Gasteiger partial charge in [-0.1, -0.05) is 17.7 Å². The molecule has 27 heavy (non-hydrogen) atoms. The molecule has 0 aromatic heterocycles. The van der Waals surface area contributed by atoms with Crippen molar-refractivity contribution < 1.29 is 13.2 Å². The molecule has 4 aliphatic carbocycles. The Balaban J connectivity index is 1.42. The van der Waals surface area contributed by atoms with Crippen LogP contribution >= 0.6 is 0 Å². The monoisotopic (exact) mass is 390 g/mol. The average molecular weight is 391 g/mol. The molecule has 0 atom stereocenters. The minimum absolute atomic E-state index is 0.0972. The van der Waals surface area contributed by atoms with Crippen molar-refractivity contribution in [3.05, 3.63) is 28.8 Å². The topological polar surface area (TPSA) is 75.3 Å². The minimum Gasteiger partial charge on any atom is -0.278 e. The van der Waals surface area contributed by atoms with Crippen molar-refractivity contribution in [3.8, 4) is 0 Å². The Morgan fingerprint density at radius 3 is 1.96 bits per heavy atom. The molecule has 4 aliphatic rings.